The third kappa shape index (κ3) is 4.20. The standard InChI is InChI=1S/C15H10ClFN2O2/c16-14-7-12(5-4-10(14)8-18)19-15(20)9-21-13-3-1-2-11(17)6-13/h1-7H,9H2,(H,19,20). The molecule has 106 valence electrons. The van der Waals surface area contributed by atoms with Gasteiger partial charge in [-0.25, -0.2) is 4.39 Å². The van der Waals surface area contributed by atoms with Crippen molar-refractivity contribution in [1.82, 2.24) is 0 Å². The monoisotopic (exact) mass is 304 g/mol. The molecule has 0 atom stereocenters. The van der Waals surface area contributed by atoms with Crippen molar-refractivity contribution in [3.05, 3.63) is 58.9 Å². The van der Waals surface area contributed by atoms with Crippen LogP contribution in [0.4, 0.5) is 10.1 Å². The highest BCUT2D eigenvalue weighted by Gasteiger charge is 2.06. The SMILES string of the molecule is N#Cc1ccc(NC(=O)COc2cccc(F)c2)cc1Cl. The number of amides is 1. The third-order valence-electron chi connectivity index (χ3n) is 2.54. The molecule has 0 saturated heterocycles. The molecule has 0 radical (unpaired) electrons. The Labute approximate surface area is 125 Å². The van der Waals surface area contributed by atoms with Gasteiger partial charge in [0.05, 0.1) is 10.6 Å². The van der Waals surface area contributed by atoms with Gasteiger partial charge >= 0.3 is 0 Å². The summed E-state index contributed by atoms with van der Waals surface area (Å²) in [6, 6.07) is 12.0. The molecule has 6 heteroatoms. The van der Waals surface area contributed by atoms with Crippen LogP contribution >= 0.6 is 11.6 Å². The van der Waals surface area contributed by atoms with E-state index in [4.69, 9.17) is 21.6 Å². The number of rotatable bonds is 4. The van der Waals surface area contributed by atoms with Crippen molar-refractivity contribution in [1.29, 1.82) is 5.26 Å². The van der Waals surface area contributed by atoms with E-state index in [9.17, 15) is 9.18 Å². The molecule has 0 heterocycles. The highest BCUT2D eigenvalue weighted by Crippen LogP contribution is 2.20. The smallest absolute Gasteiger partial charge is 0.262 e. The van der Waals surface area contributed by atoms with E-state index in [1.165, 1.54) is 30.3 Å². The summed E-state index contributed by atoms with van der Waals surface area (Å²) in [5.41, 5.74) is 0.775. The molecule has 0 saturated carbocycles. The highest BCUT2D eigenvalue weighted by molar-refractivity contribution is 6.32. The molecule has 0 aliphatic carbocycles. The zero-order valence-corrected chi connectivity index (χ0v) is 11.5. The van der Waals surface area contributed by atoms with E-state index in [2.05, 4.69) is 5.32 Å². The van der Waals surface area contributed by atoms with Crippen molar-refractivity contribution in [3.8, 4) is 11.8 Å². The van der Waals surface area contributed by atoms with Gasteiger partial charge in [-0.05, 0) is 30.3 Å². The number of anilines is 1. The molecule has 0 aliphatic rings. The molecule has 0 aromatic heterocycles. The summed E-state index contributed by atoms with van der Waals surface area (Å²) in [5.74, 6) is -0.588. The number of benzene rings is 2. The minimum absolute atomic E-state index is 0.251. The number of ether oxygens (including phenoxy) is 1. The van der Waals surface area contributed by atoms with Gasteiger partial charge in [-0.2, -0.15) is 5.26 Å². The zero-order chi connectivity index (χ0) is 15.2. The molecule has 0 fully saturated rings. The van der Waals surface area contributed by atoms with Crippen molar-refractivity contribution in [2.24, 2.45) is 0 Å². The summed E-state index contributed by atoms with van der Waals surface area (Å²) in [6.07, 6.45) is 0. The minimum atomic E-state index is -0.438. The molecule has 21 heavy (non-hydrogen) atoms. The fourth-order valence-electron chi connectivity index (χ4n) is 1.59. The van der Waals surface area contributed by atoms with Crippen molar-refractivity contribution in [2.75, 3.05) is 11.9 Å². The summed E-state index contributed by atoms with van der Waals surface area (Å²) in [7, 11) is 0. The number of nitrogens with zero attached hydrogens (tertiary/aromatic N) is 1. The van der Waals surface area contributed by atoms with Gasteiger partial charge in [0.1, 0.15) is 17.6 Å². The van der Waals surface area contributed by atoms with E-state index < -0.39 is 11.7 Å². The lowest BCUT2D eigenvalue weighted by Gasteiger charge is -2.08. The van der Waals surface area contributed by atoms with E-state index in [0.717, 1.165) is 0 Å². The van der Waals surface area contributed by atoms with Crippen LogP contribution in [0.15, 0.2) is 42.5 Å². The van der Waals surface area contributed by atoms with Crippen LogP contribution in [-0.2, 0) is 4.79 Å². The first-order valence-electron chi connectivity index (χ1n) is 5.96. The number of carbonyl (C=O) groups is 1. The van der Waals surface area contributed by atoms with Gasteiger partial charge in [-0.1, -0.05) is 17.7 Å². The number of nitrogens with one attached hydrogen (secondary N) is 1. The van der Waals surface area contributed by atoms with Gasteiger partial charge in [0, 0.05) is 11.8 Å². The lowest BCUT2D eigenvalue weighted by Crippen LogP contribution is -2.20. The number of hydrogen-bond acceptors (Lipinski definition) is 3. The summed E-state index contributed by atoms with van der Waals surface area (Å²) >= 11 is 5.86. The van der Waals surface area contributed by atoms with Crippen LogP contribution in [0.25, 0.3) is 0 Å². The van der Waals surface area contributed by atoms with E-state index in [1.807, 2.05) is 6.07 Å². The summed E-state index contributed by atoms with van der Waals surface area (Å²) in [6.45, 7) is -0.263. The predicted octanol–water partition coefficient (Wildman–Crippen LogP) is 3.37. The van der Waals surface area contributed by atoms with Crippen LogP contribution in [0.3, 0.4) is 0 Å². The lowest BCUT2D eigenvalue weighted by atomic mass is 10.2. The zero-order valence-electron chi connectivity index (χ0n) is 10.8. The second-order valence-electron chi connectivity index (χ2n) is 4.10. The molecule has 0 aliphatic heterocycles. The van der Waals surface area contributed by atoms with Crippen LogP contribution < -0.4 is 10.1 Å². The second-order valence-corrected chi connectivity index (χ2v) is 4.51. The second kappa shape index (κ2) is 6.73. The fraction of sp³-hybridized carbons (Fsp3) is 0.0667. The molecule has 4 nitrogen and oxygen atoms in total. The molecule has 2 rings (SSSR count). The number of nitriles is 1. The largest absolute Gasteiger partial charge is 0.484 e. The molecule has 1 amide bonds. The number of hydrogen-bond donors (Lipinski definition) is 1. The van der Waals surface area contributed by atoms with Gasteiger partial charge in [-0.3, -0.25) is 4.79 Å². The normalized spacial score (nSPS) is 9.76. The maximum Gasteiger partial charge on any atom is 0.262 e. The molecule has 1 N–H and O–H groups in total. The van der Waals surface area contributed by atoms with Crippen LogP contribution in [0.2, 0.25) is 5.02 Å². The van der Waals surface area contributed by atoms with Gasteiger partial charge in [0.25, 0.3) is 5.91 Å². The Morgan fingerprint density at radius 3 is 2.81 bits per heavy atom. The molecule has 2 aromatic rings. The van der Waals surface area contributed by atoms with Gasteiger partial charge < -0.3 is 10.1 Å². The van der Waals surface area contributed by atoms with Gasteiger partial charge in [-0.15, -0.1) is 0 Å². The number of halogens is 2. The molecule has 0 unspecified atom stereocenters. The Kier molecular flexibility index (Phi) is 4.75. The lowest BCUT2D eigenvalue weighted by molar-refractivity contribution is -0.118. The Morgan fingerprint density at radius 2 is 2.14 bits per heavy atom. The molecule has 0 bridgehead atoms. The van der Waals surface area contributed by atoms with E-state index >= 15 is 0 Å². The Bertz CT molecular complexity index is 713. The third-order valence-corrected chi connectivity index (χ3v) is 2.85. The predicted molar refractivity (Wildman–Crippen MR) is 76.7 cm³/mol. The average Bonchev–Trinajstić information content (AvgIpc) is 2.45. The van der Waals surface area contributed by atoms with Crippen molar-refractivity contribution in [3.63, 3.8) is 0 Å². The topological polar surface area (TPSA) is 62.1 Å². The maximum atomic E-state index is 12.9. The first-order valence-corrected chi connectivity index (χ1v) is 6.34. The molecular formula is C15H10ClFN2O2. The molecule has 2 aromatic carbocycles. The van der Waals surface area contributed by atoms with E-state index in [-0.39, 0.29) is 17.4 Å². The van der Waals surface area contributed by atoms with Crippen LogP contribution in [0.1, 0.15) is 5.56 Å². The first kappa shape index (κ1) is 14.8. The van der Waals surface area contributed by atoms with Gasteiger partial charge in [0.15, 0.2) is 6.61 Å². The van der Waals surface area contributed by atoms with Crippen LogP contribution in [-0.4, -0.2) is 12.5 Å². The molecular weight excluding hydrogens is 295 g/mol. The van der Waals surface area contributed by atoms with E-state index in [1.54, 1.807) is 12.1 Å². The summed E-state index contributed by atoms with van der Waals surface area (Å²) in [5, 5.41) is 11.6. The van der Waals surface area contributed by atoms with Gasteiger partial charge in [0.2, 0.25) is 0 Å². The van der Waals surface area contributed by atoms with E-state index in [0.29, 0.717) is 11.3 Å². The quantitative estimate of drug-likeness (QED) is 0.942. The number of carbonyl (C=O) groups excluding carboxylic acids is 1. The Hall–Kier alpha value is -2.58. The minimum Gasteiger partial charge on any atom is -0.484 e. The van der Waals surface area contributed by atoms with Crippen LogP contribution in [0, 0.1) is 17.1 Å². The summed E-state index contributed by atoms with van der Waals surface area (Å²) < 4.78 is 18.1. The fourth-order valence-corrected chi connectivity index (χ4v) is 1.81. The van der Waals surface area contributed by atoms with Crippen molar-refractivity contribution < 1.29 is 13.9 Å². The average molecular weight is 305 g/mol. The van der Waals surface area contributed by atoms with Crippen molar-refractivity contribution >= 4 is 23.2 Å². The first-order chi connectivity index (χ1) is 10.1. The highest BCUT2D eigenvalue weighted by atomic mass is 35.5. The van der Waals surface area contributed by atoms with Crippen LogP contribution in [0.5, 0.6) is 5.75 Å². The summed E-state index contributed by atoms with van der Waals surface area (Å²) in [4.78, 5) is 11.7. The van der Waals surface area contributed by atoms with Crippen molar-refractivity contribution in [2.45, 2.75) is 0 Å². The Morgan fingerprint density at radius 1 is 1.33 bits per heavy atom. The molecule has 0 spiro atoms. The Balaban J connectivity index is 1.93. The maximum absolute atomic E-state index is 12.9.